The van der Waals surface area contributed by atoms with Crippen molar-refractivity contribution in [1.29, 1.82) is 0 Å². The standard InChI is InChI=1S/C18H15F6N5O/c1-2-3-4-5-30-10-6-11(13-8-15(28-26-13)17(19,20)21)25-12(7-10)14-9-16(29-27-14)18(22,23)24/h6-9H,2-5H2,1H3/q-2. The second-order valence-corrected chi connectivity index (χ2v) is 6.35. The first-order valence-corrected chi connectivity index (χ1v) is 8.88. The van der Waals surface area contributed by atoms with Crippen molar-refractivity contribution < 1.29 is 31.1 Å². The molecule has 0 aromatic carbocycles. The van der Waals surface area contributed by atoms with Crippen molar-refractivity contribution in [2.24, 2.45) is 0 Å². The molecule has 0 N–H and O–H groups in total. The second kappa shape index (κ2) is 8.36. The summed E-state index contributed by atoms with van der Waals surface area (Å²) in [6.45, 7) is 2.32. The van der Waals surface area contributed by atoms with E-state index in [4.69, 9.17) is 4.74 Å². The molecule has 12 heteroatoms. The molecule has 0 spiro atoms. The van der Waals surface area contributed by atoms with Gasteiger partial charge in [0.05, 0.1) is 18.0 Å². The minimum absolute atomic E-state index is 0.0439. The Balaban J connectivity index is 1.98. The highest BCUT2D eigenvalue weighted by Crippen LogP contribution is 2.33. The van der Waals surface area contributed by atoms with Gasteiger partial charge >= 0.3 is 12.4 Å². The topological polar surface area (TPSA) is 76.1 Å². The van der Waals surface area contributed by atoms with Gasteiger partial charge in [0.2, 0.25) is 0 Å². The Hall–Kier alpha value is -3.05. The molecular formula is C18H15F6N5O-2. The van der Waals surface area contributed by atoms with Crippen LogP contribution in [-0.2, 0) is 12.4 Å². The van der Waals surface area contributed by atoms with Crippen LogP contribution in [0.5, 0.6) is 5.75 Å². The van der Waals surface area contributed by atoms with E-state index in [2.05, 4.69) is 25.4 Å². The van der Waals surface area contributed by atoms with Gasteiger partial charge in [0, 0.05) is 12.1 Å². The third kappa shape index (κ3) is 5.10. The van der Waals surface area contributed by atoms with E-state index in [0.29, 0.717) is 18.7 Å². The predicted octanol–water partition coefficient (Wildman–Crippen LogP) is 4.73. The normalized spacial score (nSPS) is 12.4. The smallest absolute Gasteiger partial charge is 0.431 e. The van der Waals surface area contributed by atoms with Gasteiger partial charge in [0.1, 0.15) is 17.1 Å². The van der Waals surface area contributed by atoms with Crippen molar-refractivity contribution in [2.45, 2.75) is 38.5 Å². The third-order valence-corrected chi connectivity index (χ3v) is 4.00. The molecule has 3 heterocycles. The first-order valence-electron chi connectivity index (χ1n) is 8.88. The molecule has 0 aliphatic heterocycles. The van der Waals surface area contributed by atoms with Crippen molar-refractivity contribution in [2.75, 3.05) is 6.61 Å². The van der Waals surface area contributed by atoms with E-state index in [9.17, 15) is 26.3 Å². The van der Waals surface area contributed by atoms with Crippen LogP contribution >= 0.6 is 0 Å². The number of aromatic nitrogens is 5. The van der Waals surface area contributed by atoms with E-state index in [-0.39, 0.29) is 28.5 Å². The fourth-order valence-corrected chi connectivity index (χ4v) is 2.51. The van der Waals surface area contributed by atoms with Crippen LogP contribution in [0.15, 0.2) is 24.3 Å². The zero-order valence-corrected chi connectivity index (χ0v) is 15.5. The Morgan fingerprint density at radius 2 is 1.30 bits per heavy atom. The monoisotopic (exact) mass is 431 g/mol. The fraction of sp³-hybridized carbons (Fsp3) is 0.389. The first kappa shape index (κ1) is 21.7. The van der Waals surface area contributed by atoms with Gasteiger partial charge in [-0.3, -0.25) is 4.98 Å². The molecule has 3 aromatic heterocycles. The summed E-state index contributed by atoms with van der Waals surface area (Å²) < 4.78 is 82.5. The lowest BCUT2D eigenvalue weighted by Crippen LogP contribution is -2.05. The van der Waals surface area contributed by atoms with E-state index >= 15 is 0 Å². The highest BCUT2D eigenvalue weighted by atomic mass is 19.4. The molecule has 0 saturated carbocycles. The summed E-state index contributed by atoms with van der Waals surface area (Å²) >= 11 is 0. The Morgan fingerprint density at radius 1 is 0.800 bits per heavy atom. The highest BCUT2D eigenvalue weighted by Gasteiger charge is 2.32. The summed E-state index contributed by atoms with van der Waals surface area (Å²) in [5, 5.41) is 13.1. The van der Waals surface area contributed by atoms with Crippen molar-refractivity contribution in [1.82, 2.24) is 25.4 Å². The average molecular weight is 431 g/mol. The molecule has 0 aliphatic rings. The third-order valence-electron chi connectivity index (χ3n) is 4.00. The van der Waals surface area contributed by atoms with Crippen LogP contribution in [0.25, 0.3) is 22.8 Å². The van der Waals surface area contributed by atoms with E-state index in [1.165, 1.54) is 12.1 Å². The van der Waals surface area contributed by atoms with Gasteiger partial charge in [-0.05, 0) is 18.6 Å². The zero-order chi connectivity index (χ0) is 21.9. The lowest BCUT2D eigenvalue weighted by Gasteiger charge is -2.14. The minimum Gasteiger partial charge on any atom is -0.573 e. The molecule has 0 aliphatic carbocycles. The number of unbranched alkanes of at least 4 members (excludes halogenated alkanes) is 2. The number of alkyl halides is 6. The number of nitrogens with zero attached hydrogens (tertiary/aromatic N) is 5. The summed E-state index contributed by atoms with van der Waals surface area (Å²) in [6, 6.07) is 4.09. The lowest BCUT2D eigenvalue weighted by atomic mass is 10.2. The number of hydrogen-bond donors (Lipinski definition) is 0. The summed E-state index contributed by atoms with van der Waals surface area (Å²) in [6.07, 6.45) is -6.81. The molecule has 30 heavy (non-hydrogen) atoms. The van der Waals surface area contributed by atoms with Gasteiger partial charge < -0.3 is 25.1 Å². The lowest BCUT2D eigenvalue weighted by molar-refractivity contribution is -0.142. The molecule has 0 saturated heterocycles. The van der Waals surface area contributed by atoms with Crippen LogP contribution in [0.3, 0.4) is 0 Å². The first-order chi connectivity index (χ1) is 14.1. The molecular weight excluding hydrogens is 416 g/mol. The van der Waals surface area contributed by atoms with Crippen molar-refractivity contribution in [3.8, 4) is 28.5 Å². The Bertz CT molecular complexity index is 921. The maximum absolute atomic E-state index is 12.8. The van der Waals surface area contributed by atoms with Gasteiger partial charge in [-0.25, -0.2) is 0 Å². The van der Waals surface area contributed by atoms with E-state index in [0.717, 1.165) is 19.3 Å². The molecule has 0 fully saturated rings. The van der Waals surface area contributed by atoms with Gasteiger partial charge in [-0.15, -0.1) is 0 Å². The van der Waals surface area contributed by atoms with E-state index < -0.39 is 23.7 Å². The van der Waals surface area contributed by atoms with Gasteiger partial charge in [-0.1, -0.05) is 31.2 Å². The van der Waals surface area contributed by atoms with E-state index in [1.807, 2.05) is 6.92 Å². The van der Waals surface area contributed by atoms with Crippen LogP contribution in [0.1, 0.15) is 37.6 Å². The SMILES string of the molecule is CCCCCOc1cc(-c2cc(C(F)(F)F)n[n-]2)nc(-c2cc(C(F)(F)F)n[n-]2)c1. The molecule has 0 radical (unpaired) electrons. The molecule has 0 atom stereocenters. The largest absolute Gasteiger partial charge is 0.573 e. The van der Waals surface area contributed by atoms with Crippen LogP contribution < -0.4 is 14.9 Å². The van der Waals surface area contributed by atoms with Gasteiger partial charge in [-0.2, -0.15) is 26.3 Å². The Morgan fingerprint density at radius 3 is 1.70 bits per heavy atom. The molecule has 0 unspecified atom stereocenters. The van der Waals surface area contributed by atoms with Crippen LogP contribution in [-0.4, -0.2) is 21.8 Å². The fourth-order valence-electron chi connectivity index (χ4n) is 2.51. The van der Waals surface area contributed by atoms with Crippen molar-refractivity contribution >= 4 is 0 Å². The zero-order valence-electron chi connectivity index (χ0n) is 15.5. The summed E-state index contributed by atoms with van der Waals surface area (Å²) in [4.78, 5) is 4.09. The highest BCUT2D eigenvalue weighted by molar-refractivity contribution is 5.65. The molecule has 3 rings (SSSR count). The van der Waals surface area contributed by atoms with Gasteiger partial charge in [0.25, 0.3) is 0 Å². The van der Waals surface area contributed by atoms with Crippen LogP contribution in [0, 0.1) is 0 Å². The Kier molecular flexibility index (Phi) is 6.04. The summed E-state index contributed by atoms with van der Waals surface area (Å²) in [5.41, 5.74) is -2.89. The van der Waals surface area contributed by atoms with Crippen LogP contribution in [0.4, 0.5) is 26.3 Å². The number of pyridine rings is 1. The van der Waals surface area contributed by atoms with Crippen LogP contribution in [0.2, 0.25) is 0 Å². The summed E-state index contributed by atoms with van der Waals surface area (Å²) in [5.74, 6) is 0.208. The van der Waals surface area contributed by atoms with Crippen molar-refractivity contribution in [3.63, 3.8) is 0 Å². The quantitative estimate of drug-likeness (QED) is 0.398. The maximum atomic E-state index is 12.8. The molecule has 0 bridgehead atoms. The molecule has 3 aromatic rings. The predicted molar refractivity (Wildman–Crippen MR) is 92.4 cm³/mol. The summed E-state index contributed by atoms with van der Waals surface area (Å²) in [7, 11) is 0. The number of halogens is 6. The number of ether oxygens (including phenoxy) is 1. The molecule has 0 amide bonds. The van der Waals surface area contributed by atoms with Crippen molar-refractivity contribution in [3.05, 3.63) is 35.7 Å². The minimum atomic E-state index is -4.69. The Labute approximate surface area is 166 Å². The number of hydrogen-bond acceptors (Lipinski definition) is 4. The molecule has 6 nitrogen and oxygen atoms in total. The van der Waals surface area contributed by atoms with E-state index in [1.54, 1.807) is 0 Å². The second-order valence-electron chi connectivity index (χ2n) is 6.35. The number of rotatable bonds is 7. The van der Waals surface area contributed by atoms with Gasteiger partial charge in [0.15, 0.2) is 0 Å². The average Bonchev–Trinajstić information content (AvgIpc) is 3.34. The maximum Gasteiger partial charge on any atom is 0.431 e. The molecule has 162 valence electrons.